The number of benzene rings is 2. The molecule has 3 rings (SSSR count). The van der Waals surface area contributed by atoms with Gasteiger partial charge in [-0.15, -0.1) is 0 Å². The van der Waals surface area contributed by atoms with Gasteiger partial charge in [0.05, 0.1) is 30.9 Å². The lowest BCUT2D eigenvalue weighted by Crippen LogP contribution is -2.33. The van der Waals surface area contributed by atoms with Crippen molar-refractivity contribution in [1.29, 1.82) is 0 Å². The lowest BCUT2D eigenvalue weighted by atomic mass is 9.96. The third kappa shape index (κ3) is 4.32. The van der Waals surface area contributed by atoms with E-state index in [9.17, 15) is 14.9 Å². The lowest BCUT2D eigenvalue weighted by Gasteiger charge is -2.21. The standard InChI is InChI=1S/C22H23N3O5/c1-14-11-17-12-21(29-3)22(30-4)13-19(17)20(23-24(14)15(2)26)10-7-16-5-8-18(9-6-16)25(27)28/h5-10,12-14H,11H2,1-4H3. The van der Waals surface area contributed by atoms with Gasteiger partial charge in [-0.1, -0.05) is 6.08 Å². The number of nitro benzene ring substituents is 1. The maximum atomic E-state index is 12.2. The van der Waals surface area contributed by atoms with Crippen molar-refractivity contribution in [1.82, 2.24) is 5.01 Å². The molecule has 0 bridgehead atoms. The van der Waals surface area contributed by atoms with Crippen molar-refractivity contribution >= 4 is 23.4 Å². The lowest BCUT2D eigenvalue weighted by molar-refractivity contribution is -0.384. The number of non-ortho nitro benzene ring substituents is 1. The van der Waals surface area contributed by atoms with Crippen LogP contribution in [0.15, 0.2) is 47.6 Å². The third-order valence-electron chi connectivity index (χ3n) is 4.89. The summed E-state index contributed by atoms with van der Waals surface area (Å²) in [6.07, 6.45) is 4.20. The van der Waals surface area contributed by atoms with Crippen molar-refractivity contribution in [2.24, 2.45) is 5.10 Å². The summed E-state index contributed by atoms with van der Waals surface area (Å²) in [6.45, 7) is 3.42. The maximum Gasteiger partial charge on any atom is 0.269 e. The van der Waals surface area contributed by atoms with Crippen LogP contribution in [0.1, 0.15) is 30.5 Å². The third-order valence-corrected chi connectivity index (χ3v) is 4.89. The number of amides is 1. The second-order valence-electron chi connectivity index (χ2n) is 6.95. The molecule has 8 heteroatoms. The summed E-state index contributed by atoms with van der Waals surface area (Å²) < 4.78 is 10.9. The molecule has 8 nitrogen and oxygen atoms in total. The van der Waals surface area contributed by atoms with Crippen molar-refractivity contribution in [3.8, 4) is 11.5 Å². The minimum Gasteiger partial charge on any atom is -0.493 e. The molecule has 0 spiro atoms. The van der Waals surface area contributed by atoms with Crippen LogP contribution >= 0.6 is 0 Å². The van der Waals surface area contributed by atoms with Crippen molar-refractivity contribution in [3.63, 3.8) is 0 Å². The Bertz CT molecular complexity index is 1030. The van der Waals surface area contributed by atoms with Gasteiger partial charge >= 0.3 is 0 Å². The van der Waals surface area contributed by atoms with Gasteiger partial charge in [0, 0.05) is 24.6 Å². The monoisotopic (exact) mass is 409 g/mol. The van der Waals surface area contributed by atoms with Gasteiger partial charge in [-0.25, -0.2) is 5.01 Å². The van der Waals surface area contributed by atoms with Crippen molar-refractivity contribution in [2.45, 2.75) is 26.3 Å². The van der Waals surface area contributed by atoms with E-state index in [1.54, 1.807) is 38.5 Å². The molecule has 1 unspecified atom stereocenters. The molecule has 0 N–H and O–H groups in total. The first-order valence-electron chi connectivity index (χ1n) is 9.40. The molecule has 30 heavy (non-hydrogen) atoms. The number of hydrogen-bond acceptors (Lipinski definition) is 6. The van der Waals surface area contributed by atoms with Crippen LogP contribution in [0, 0.1) is 10.1 Å². The van der Waals surface area contributed by atoms with E-state index in [1.165, 1.54) is 24.1 Å². The van der Waals surface area contributed by atoms with Gasteiger partial charge in [0.2, 0.25) is 5.91 Å². The summed E-state index contributed by atoms with van der Waals surface area (Å²) in [5.74, 6) is 1.02. The number of nitrogens with zero attached hydrogens (tertiary/aromatic N) is 3. The van der Waals surface area contributed by atoms with E-state index in [4.69, 9.17) is 9.47 Å². The van der Waals surface area contributed by atoms with Crippen LogP contribution < -0.4 is 9.47 Å². The van der Waals surface area contributed by atoms with E-state index in [1.807, 2.05) is 19.1 Å². The van der Waals surface area contributed by atoms with E-state index < -0.39 is 4.92 Å². The summed E-state index contributed by atoms with van der Waals surface area (Å²) >= 11 is 0. The van der Waals surface area contributed by atoms with Gasteiger partial charge in [0.25, 0.3) is 5.69 Å². The topological polar surface area (TPSA) is 94.3 Å². The van der Waals surface area contributed by atoms with Crippen LogP contribution in [-0.2, 0) is 11.2 Å². The molecule has 156 valence electrons. The predicted octanol–water partition coefficient (Wildman–Crippen LogP) is 3.82. The zero-order chi connectivity index (χ0) is 21.8. The highest BCUT2D eigenvalue weighted by Gasteiger charge is 2.25. The number of nitro groups is 1. The number of hydrazone groups is 1. The van der Waals surface area contributed by atoms with Gasteiger partial charge in [-0.05, 0) is 54.8 Å². The molecule has 0 saturated heterocycles. The number of ether oxygens (including phenoxy) is 2. The minimum absolute atomic E-state index is 0.0257. The molecule has 0 aliphatic carbocycles. The smallest absolute Gasteiger partial charge is 0.269 e. The molecule has 1 amide bonds. The highest BCUT2D eigenvalue weighted by molar-refractivity contribution is 6.12. The predicted molar refractivity (Wildman–Crippen MR) is 114 cm³/mol. The number of carbonyl (C=O) groups excluding carboxylic acids is 1. The van der Waals surface area contributed by atoms with Crippen molar-refractivity contribution < 1.29 is 19.2 Å². The quantitative estimate of drug-likeness (QED) is 0.553. The zero-order valence-corrected chi connectivity index (χ0v) is 17.3. The Balaban J connectivity index is 2.08. The Labute approximate surface area is 174 Å². The summed E-state index contributed by atoms with van der Waals surface area (Å²) in [5, 5.41) is 16.9. The van der Waals surface area contributed by atoms with Gasteiger partial charge < -0.3 is 9.47 Å². The van der Waals surface area contributed by atoms with Crippen molar-refractivity contribution in [2.75, 3.05) is 14.2 Å². The molecule has 0 fully saturated rings. The summed E-state index contributed by atoms with van der Waals surface area (Å²) in [7, 11) is 3.14. The number of methoxy groups -OCH3 is 2. The largest absolute Gasteiger partial charge is 0.493 e. The van der Waals surface area contributed by atoms with E-state index in [0.717, 1.165) is 16.7 Å². The fourth-order valence-corrected chi connectivity index (χ4v) is 3.39. The molecule has 0 aromatic heterocycles. The Morgan fingerprint density at radius 3 is 2.37 bits per heavy atom. The van der Waals surface area contributed by atoms with Crippen LogP contribution in [0.3, 0.4) is 0 Å². The molecule has 1 atom stereocenters. The van der Waals surface area contributed by atoms with E-state index in [0.29, 0.717) is 23.6 Å². The van der Waals surface area contributed by atoms with Crippen LogP contribution in [0.4, 0.5) is 5.69 Å². The molecule has 0 saturated carbocycles. The second kappa shape index (κ2) is 8.77. The number of fused-ring (bicyclic) bond motifs is 1. The van der Waals surface area contributed by atoms with Crippen molar-refractivity contribution in [3.05, 3.63) is 69.3 Å². The Kier molecular flexibility index (Phi) is 6.15. The normalized spacial score (nSPS) is 15.9. The number of hydrogen-bond donors (Lipinski definition) is 0. The van der Waals surface area contributed by atoms with Crippen LogP contribution in [-0.4, -0.2) is 41.8 Å². The highest BCUT2D eigenvalue weighted by Crippen LogP contribution is 2.33. The first kappa shape index (κ1) is 21.0. The van der Waals surface area contributed by atoms with E-state index in [2.05, 4.69) is 5.10 Å². The summed E-state index contributed by atoms with van der Waals surface area (Å²) in [4.78, 5) is 22.6. The van der Waals surface area contributed by atoms with Gasteiger partial charge in [0.1, 0.15) is 0 Å². The highest BCUT2D eigenvalue weighted by atomic mass is 16.6. The van der Waals surface area contributed by atoms with Gasteiger partial charge in [0.15, 0.2) is 11.5 Å². The Hall–Kier alpha value is -3.68. The Morgan fingerprint density at radius 1 is 1.17 bits per heavy atom. The first-order valence-corrected chi connectivity index (χ1v) is 9.40. The first-order chi connectivity index (χ1) is 14.3. The number of carbonyl (C=O) groups is 1. The maximum absolute atomic E-state index is 12.2. The fourth-order valence-electron chi connectivity index (χ4n) is 3.39. The molecule has 0 radical (unpaired) electrons. The summed E-state index contributed by atoms with van der Waals surface area (Å²) in [5.41, 5.74) is 3.20. The number of allylic oxidation sites excluding steroid dienone is 1. The average molecular weight is 409 g/mol. The van der Waals surface area contributed by atoms with Crippen LogP contribution in [0.2, 0.25) is 0 Å². The van der Waals surface area contributed by atoms with E-state index in [-0.39, 0.29) is 17.6 Å². The number of rotatable bonds is 5. The summed E-state index contributed by atoms with van der Waals surface area (Å²) in [6, 6.07) is 9.83. The van der Waals surface area contributed by atoms with Gasteiger partial charge in [-0.2, -0.15) is 5.10 Å². The molecular formula is C22H23N3O5. The molecule has 2 aromatic rings. The van der Waals surface area contributed by atoms with Crippen LogP contribution in [0.25, 0.3) is 6.08 Å². The fraction of sp³-hybridized carbons (Fsp3) is 0.273. The molecule has 1 aliphatic rings. The molecule has 2 aromatic carbocycles. The zero-order valence-electron chi connectivity index (χ0n) is 17.3. The second-order valence-corrected chi connectivity index (χ2v) is 6.95. The van der Waals surface area contributed by atoms with E-state index >= 15 is 0 Å². The molecular weight excluding hydrogens is 386 g/mol. The van der Waals surface area contributed by atoms with Gasteiger partial charge in [-0.3, -0.25) is 14.9 Å². The molecule has 1 aliphatic heterocycles. The minimum atomic E-state index is -0.440. The van der Waals surface area contributed by atoms with Crippen LogP contribution in [0.5, 0.6) is 11.5 Å². The molecule has 1 heterocycles. The average Bonchev–Trinajstić information content (AvgIpc) is 2.86. The Morgan fingerprint density at radius 2 is 1.80 bits per heavy atom. The SMILES string of the molecule is COc1cc2c(cc1OC)C(C=Cc1ccc([N+](=O)[O-])cc1)=NN(C(C)=O)C(C)C2.